The minimum atomic E-state index is -0.753. The van der Waals surface area contributed by atoms with Crippen molar-refractivity contribution in [1.82, 2.24) is 0 Å². The second-order valence-electron chi connectivity index (χ2n) is 5.14. The van der Waals surface area contributed by atoms with Gasteiger partial charge in [-0.25, -0.2) is 4.79 Å². The topological polar surface area (TPSA) is 68.5 Å². The van der Waals surface area contributed by atoms with Crippen molar-refractivity contribution >= 4 is 45.8 Å². The van der Waals surface area contributed by atoms with E-state index >= 15 is 0 Å². The Morgan fingerprint density at radius 2 is 2.00 bits per heavy atom. The van der Waals surface area contributed by atoms with Gasteiger partial charge in [0.25, 0.3) is 5.91 Å². The number of ether oxygens (including phenoxy) is 1. The first kappa shape index (κ1) is 17.3. The maximum Gasteiger partial charge on any atom is 0.349 e. The zero-order valence-corrected chi connectivity index (χ0v) is 14.6. The molecule has 1 N–H and O–H groups in total. The summed E-state index contributed by atoms with van der Waals surface area (Å²) in [5.41, 5.74) is -0.233. The Hall–Kier alpha value is -2.50. The van der Waals surface area contributed by atoms with Crippen LogP contribution in [0.2, 0.25) is 10.0 Å². The molecule has 0 saturated heterocycles. The van der Waals surface area contributed by atoms with E-state index in [-0.39, 0.29) is 10.6 Å². The number of benzene rings is 2. The van der Waals surface area contributed by atoms with E-state index in [1.165, 1.54) is 6.07 Å². The first-order valence-corrected chi connectivity index (χ1v) is 8.21. The van der Waals surface area contributed by atoms with Gasteiger partial charge in [0.05, 0.1) is 22.3 Å². The first-order chi connectivity index (χ1) is 12.0. The zero-order chi connectivity index (χ0) is 18.0. The highest BCUT2D eigenvalue weighted by atomic mass is 35.5. The maximum absolute atomic E-state index is 12.4. The van der Waals surface area contributed by atoms with Gasteiger partial charge < -0.3 is 14.5 Å². The average Bonchev–Trinajstić information content (AvgIpc) is 2.58. The van der Waals surface area contributed by atoms with Crippen molar-refractivity contribution in [3.63, 3.8) is 0 Å². The first-order valence-electron chi connectivity index (χ1n) is 7.45. The third-order valence-electron chi connectivity index (χ3n) is 3.46. The monoisotopic (exact) mass is 377 g/mol. The van der Waals surface area contributed by atoms with Crippen LogP contribution in [0.3, 0.4) is 0 Å². The molecule has 7 heteroatoms. The lowest BCUT2D eigenvalue weighted by molar-refractivity contribution is 0.102. The SMILES string of the molecule is CCOc1ccc2cc(C(=O)Nc3cccc(Cl)c3Cl)c(=O)oc2c1. The van der Waals surface area contributed by atoms with E-state index in [1.807, 2.05) is 6.92 Å². The molecule has 1 aromatic heterocycles. The fraction of sp³-hybridized carbons (Fsp3) is 0.111. The second kappa shape index (κ2) is 7.17. The Labute approximate surface area is 153 Å². The Kier molecular flexibility index (Phi) is 4.97. The predicted octanol–water partition coefficient (Wildman–Crippen LogP) is 4.75. The van der Waals surface area contributed by atoms with Crippen LogP contribution in [0.4, 0.5) is 5.69 Å². The lowest BCUT2D eigenvalue weighted by Crippen LogP contribution is -2.20. The van der Waals surface area contributed by atoms with Gasteiger partial charge in [-0.2, -0.15) is 0 Å². The molecule has 0 aliphatic rings. The summed E-state index contributed by atoms with van der Waals surface area (Å²) in [5, 5.41) is 3.66. The molecule has 0 radical (unpaired) electrons. The Balaban J connectivity index is 1.96. The quantitative estimate of drug-likeness (QED) is 0.666. The van der Waals surface area contributed by atoms with E-state index in [0.717, 1.165) is 0 Å². The number of hydrogen-bond acceptors (Lipinski definition) is 4. The van der Waals surface area contributed by atoms with Crippen LogP contribution >= 0.6 is 23.2 Å². The van der Waals surface area contributed by atoms with Crippen LogP contribution in [0, 0.1) is 0 Å². The zero-order valence-electron chi connectivity index (χ0n) is 13.1. The lowest BCUT2D eigenvalue weighted by atomic mass is 10.1. The fourth-order valence-electron chi connectivity index (χ4n) is 2.30. The van der Waals surface area contributed by atoms with E-state index in [9.17, 15) is 9.59 Å². The highest BCUT2D eigenvalue weighted by molar-refractivity contribution is 6.44. The molecular weight excluding hydrogens is 365 g/mol. The molecule has 0 aliphatic carbocycles. The largest absolute Gasteiger partial charge is 0.494 e. The third-order valence-corrected chi connectivity index (χ3v) is 4.28. The molecule has 0 bridgehead atoms. The van der Waals surface area contributed by atoms with E-state index < -0.39 is 11.5 Å². The molecule has 1 amide bonds. The summed E-state index contributed by atoms with van der Waals surface area (Å²) in [6.07, 6.45) is 0. The Morgan fingerprint density at radius 3 is 2.76 bits per heavy atom. The number of carbonyl (C=O) groups excluding carboxylic acids is 1. The van der Waals surface area contributed by atoms with E-state index in [4.69, 9.17) is 32.4 Å². The molecule has 0 fully saturated rings. The van der Waals surface area contributed by atoms with Gasteiger partial charge in [0, 0.05) is 11.5 Å². The van der Waals surface area contributed by atoms with Crippen LogP contribution in [0.25, 0.3) is 11.0 Å². The highest BCUT2D eigenvalue weighted by Gasteiger charge is 2.16. The van der Waals surface area contributed by atoms with Gasteiger partial charge in [0.15, 0.2) is 0 Å². The van der Waals surface area contributed by atoms with Crippen LogP contribution in [-0.4, -0.2) is 12.5 Å². The maximum atomic E-state index is 12.4. The van der Waals surface area contributed by atoms with Gasteiger partial charge in [-0.05, 0) is 37.3 Å². The molecule has 1 heterocycles. The molecule has 25 heavy (non-hydrogen) atoms. The number of amides is 1. The van der Waals surface area contributed by atoms with Crippen LogP contribution in [-0.2, 0) is 0 Å². The minimum Gasteiger partial charge on any atom is -0.494 e. The molecule has 0 unspecified atom stereocenters. The summed E-state index contributed by atoms with van der Waals surface area (Å²) in [6.45, 7) is 2.35. The summed E-state index contributed by atoms with van der Waals surface area (Å²) in [7, 11) is 0. The summed E-state index contributed by atoms with van der Waals surface area (Å²) in [5.74, 6) is -0.0465. The normalized spacial score (nSPS) is 10.7. The summed E-state index contributed by atoms with van der Waals surface area (Å²) in [4.78, 5) is 24.6. The predicted molar refractivity (Wildman–Crippen MR) is 98.1 cm³/mol. The van der Waals surface area contributed by atoms with Gasteiger partial charge in [0.1, 0.15) is 16.9 Å². The van der Waals surface area contributed by atoms with Crippen LogP contribution in [0.15, 0.2) is 51.7 Å². The van der Waals surface area contributed by atoms with Crippen molar-refractivity contribution in [2.24, 2.45) is 0 Å². The van der Waals surface area contributed by atoms with Crippen LogP contribution in [0.1, 0.15) is 17.3 Å². The molecular formula is C18H13Cl2NO4. The molecule has 3 rings (SSSR count). The van der Waals surface area contributed by atoms with Gasteiger partial charge in [0.2, 0.25) is 0 Å². The number of hydrogen-bond donors (Lipinski definition) is 1. The van der Waals surface area contributed by atoms with Gasteiger partial charge in [-0.3, -0.25) is 4.79 Å². The number of nitrogens with one attached hydrogen (secondary N) is 1. The number of anilines is 1. The standard InChI is InChI=1S/C18H13Cl2NO4/c1-2-24-11-7-6-10-8-12(18(23)25-15(10)9-11)17(22)21-14-5-3-4-13(19)16(14)20/h3-9H,2H2,1H3,(H,21,22). The second-order valence-corrected chi connectivity index (χ2v) is 5.92. The lowest BCUT2D eigenvalue weighted by Gasteiger charge is -2.08. The number of fused-ring (bicyclic) bond motifs is 1. The smallest absolute Gasteiger partial charge is 0.349 e. The molecule has 0 saturated carbocycles. The number of rotatable bonds is 4. The molecule has 5 nitrogen and oxygen atoms in total. The van der Waals surface area contributed by atoms with Crippen molar-refractivity contribution < 1.29 is 13.9 Å². The third kappa shape index (κ3) is 3.62. The fourth-order valence-corrected chi connectivity index (χ4v) is 2.64. The highest BCUT2D eigenvalue weighted by Crippen LogP contribution is 2.30. The van der Waals surface area contributed by atoms with Crippen molar-refractivity contribution in [2.45, 2.75) is 6.92 Å². The van der Waals surface area contributed by atoms with Crippen molar-refractivity contribution in [1.29, 1.82) is 0 Å². The molecule has 2 aromatic carbocycles. The summed E-state index contributed by atoms with van der Waals surface area (Å²) < 4.78 is 10.6. The van der Waals surface area contributed by atoms with Gasteiger partial charge in [-0.1, -0.05) is 29.3 Å². The van der Waals surface area contributed by atoms with Crippen LogP contribution in [0.5, 0.6) is 5.75 Å². The van der Waals surface area contributed by atoms with E-state index in [1.54, 1.807) is 36.4 Å². The summed E-state index contributed by atoms with van der Waals surface area (Å²) >= 11 is 12.0. The molecule has 128 valence electrons. The average molecular weight is 378 g/mol. The van der Waals surface area contributed by atoms with Gasteiger partial charge >= 0.3 is 5.63 Å². The van der Waals surface area contributed by atoms with E-state index in [2.05, 4.69) is 5.32 Å². The Morgan fingerprint density at radius 1 is 1.20 bits per heavy atom. The summed E-state index contributed by atoms with van der Waals surface area (Å²) in [6, 6.07) is 11.3. The van der Waals surface area contributed by atoms with Crippen molar-refractivity contribution in [3.8, 4) is 5.75 Å². The molecule has 0 aliphatic heterocycles. The van der Waals surface area contributed by atoms with Crippen molar-refractivity contribution in [2.75, 3.05) is 11.9 Å². The number of carbonyl (C=O) groups is 1. The molecule has 0 atom stereocenters. The molecule has 3 aromatic rings. The Bertz CT molecular complexity index is 1010. The number of halogens is 2. The van der Waals surface area contributed by atoms with Crippen molar-refractivity contribution in [3.05, 3.63) is 68.5 Å². The molecule has 0 spiro atoms. The van der Waals surface area contributed by atoms with E-state index in [0.29, 0.717) is 34.0 Å². The van der Waals surface area contributed by atoms with Crippen LogP contribution < -0.4 is 15.7 Å². The van der Waals surface area contributed by atoms with Gasteiger partial charge in [-0.15, -0.1) is 0 Å². The minimum absolute atomic E-state index is 0.132.